The number of aryl methyl sites for hydroxylation is 1. The van der Waals surface area contributed by atoms with E-state index < -0.39 is 0 Å². The molecule has 1 saturated heterocycles. The van der Waals surface area contributed by atoms with Gasteiger partial charge in [0.1, 0.15) is 12.4 Å². The van der Waals surface area contributed by atoms with E-state index in [9.17, 15) is 5.11 Å². The zero-order valence-electron chi connectivity index (χ0n) is 19.3. The molecule has 168 valence electrons. The number of benzene rings is 2. The van der Waals surface area contributed by atoms with Crippen LogP contribution < -0.4 is 9.64 Å². The quantitative estimate of drug-likeness (QED) is 0.577. The Labute approximate surface area is 191 Å². The van der Waals surface area contributed by atoms with Crippen LogP contribution in [0.2, 0.25) is 0 Å². The van der Waals surface area contributed by atoms with Gasteiger partial charge in [-0.05, 0) is 55.0 Å². The smallest absolute Gasteiger partial charge is 0.225 e. The summed E-state index contributed by atoms with van der Waals surface area (Å²) in [6.45, 7) is 8.96. The van der Waals surface area contributed by atoms with Gasteiger partial charge in [-0.3, -0.25) is 0 Å². The maximum absolute atomic E-state index is 9.48. The van der Waals surface area contributed by atoms with Crippen molar-refractivity contribution < 1.29 is 9.84 Å². The van der Waals surface area contributed by atoms with Crippen molar-refractivity contribution in [2.75, 3.05) is 24.6 Å². The molecule has 2 heterocycles. The summed E-state index contributed by atoms with van der Waals surface area (Å²) in [5.41, 5.74) is 4.60. The molecule has 1 aliphatic heterocycles. The average Bonchev–Trinajstić information content (AvgIpc) is 2.83. The monoisotopic (exact) mass is 431 g/mol. The van der Waals surface area contributed by atoms with Crippen LogP contribution in [0.1, 0.15) is 49.1 Å². The third-order valence-electron chi connectivity index (χ3n) is 6.50. The predicted molar refractivity (Wildman–Crippen MR) is 128 cm³/mol. The SMILES string of the molecule is Cc1ccc(C(C)(C)c2ccc(OCc3ccnc(N4CCCC(CO)C4)n3)cc2)cc1. The number of aromatic nitrogens is 2. The second-order valence-corrected chi connectivity index (χ2v) is 9.29. The highest BCUT2D eigenvalue weighted by Crippen LogP contribution is 2.32. The first-order valence-corrected chi connectivity index (χ1v) is 11.4. The van der Waals surface area contributed by atoms with Crippen LogP contribution in [-0.2, 0) is 12.0 Å². The summed E-state index contributed by atoms with van der Waals surface area (Å²) >= 11 is 0. The summed E-state index contributed by atoms with van der Waals surface area (Å²) in [4.78, 5) is 11.3. The molecule has 0 spiro atoms. The molecule has 0 amide bonds. The van der Waals surface area contributed by atoms with Crippen molar-refractivity contribution in [3.05, 3.63) is 83.2 Å². The number of hydrogen-bond donors (Lipinski definition) is 1. The highest BCUT2D eigenvalue weighted by Gasteiger charge is 2.23. The van der Waals surface area contributed by atoms with E-state index in [4.69, 9.17) is 9.72 Å². The second kappa shape index (κ2) is 9.70. The van der Waals surface area contributed by atoms with Crippen molar-refractivity contribution >= 4 is 5.95 Å². The Bertz CT molecular complexity index is 1020. The first kappa shape index (κ1) is 22.3. The topological polar surface area (TPSA) is 58.5 Å². The molecule has 1 atom stereocenters. The van der Waals surface area contributed by atoms with Crippen molar-refractivity contribution in [3.63, 3.8) is 0 Å². The minimum absolute atomic E-state index is 0.0747. The number of hydrogen-bond acceptors (Lipinski definition) is 5. The Morgan fingerprint density at radius 3 is 2.41 bits per heavy atom. The van der Waals surface area contributed by atoms with Crippen molar-refractivity contribution in [1.82, 2.24) is 9.97 Å². The fourth-order valence-electron chi connectivity index (χ4n) is 4.28. The van der Waals surface area contributed by atoms with Gasteiger partial charge in [0.2, 0.25) is 5.95 Å². The summed E-state index contributed by atoms with van der Waals surface area (Å²) < 4.78 is 6.02. The molecule has 1 fully saturated rings. The molecule has 0 bridgehead atoms. The Morgan fingerprint density at radius 1 is 1.03 bits per heavy atom. The fourth-order valence-corrected chi connectivity index (χ4v) is 4.28. The highest BCUT2D eigenvalue weighted by atomic mass is 16.5. The van der Waals surface area contributed by atoms with E-state index in [0.29, 0.717) is 12.5 Å². The Hall–Kier alpha value is -2.92. The summed E-state index contributed by atoms with van der Waals surface area (Å²) in [7, 11) is 0. The van der Waals surface area contributed by atoms with Gasteiger partial charge >= 0.3 is 0 Å². The van der Waals surface area contributed by atoms with Crippen LogP contribution >= 0.6 is 0 Å². The largest absolute Gasteiger partial charge is 0.487 e. The third-order valence-corrected chi connectivity index (χ3v) is 6.50. The van der Waals surface area contributed by atoms with E-state index in [2.05, 4.69) is 67.1 Å². The zero-order chi connectivity index (χ0) is 22.6. The molecule has 2 aromatic carbocycles. The molecular formula is C27H33N3O2. The number of anilines is 1. The zero-order valence-corrected chi connectivity index (χ0v) is 19.3. The van der Waals surface area contributed by atoms with Gasteiger partial charge < -0.3 is 14.7 Å². The molecular weight excluding hydrogens is 398 g/mol. The lowest BCUT2D eigenvalue weighted by atomic mass is 9.78. The predicted octanol–water partition coefficient (Wildman–Crippen LogP) is 4.90. The number of nitrogens with zero attached hydrogens (tertiary/aromatic N) is 3. The fraction of sp³-hybridized carbons (Fsp3) is 0.407. The van der Waals surface area contributed by atoms with Crippen molar-refractivity contribution in [1.29, 1.82) is 0 Å². The van der Waals surface area contributed by atoms with E-state index in [1.54, 1.807) is 6.20 Å². The number of aliphatic hydroxyl groups is 1. The van der Waals surface area contributed by atoms with E-state index in [1.165, 1.54) is 16.7 Å². The van der Waals surface area contributed by atoms with Crippen LogP contribution in [0, 0.1) is 12.8 Å². The molecule has 5 nitrogen and oxygen atoms in total. The molecule has 0 aliphatic carbocycles. The van der Waals surface area contributed by atoms with Crippen LogP contribution in [0.25, 0.3) is 0 Å². The number of aliphatic hydroxyl groups excluding tert-OH is 1. The standard InChI is InChI=1S/C27H33N3O2/c1-20-6-8-22(9-7-20)27(2,3)23-10-12-25(13-11-23)32-19-24-14-15-28-26(29-24)30-16-4-5-21(17-30)18-31/h6-15,21,31H,4-5,16-19H2,1-3H3. The van der Waals surface area contributed by atoms with Gasteiger partial charge in [0.15, 0.2) is 0 Å². The maximum atomic E-state index is 9.48. The summed E-state index contributed by atoms with van der Waals surface area (Å²) in [5.74, 6) is 1.85. The second-order valence-electron chi connectivity index (χ2n) is 9.29. The Morgan fingerprint density at radius 2 is 1.72 bits per heavy atom. The van der Waals surface area contributed by atoms with E-state index in [1.807, 2.05) is 18.2 Å². The summed E-state index contributed by atoms with van der Waals surface area (Å²) in [6.07, 6.45) is 3.91. The van der Waals surface area contributed by atoms with Gasteiger partial charge in [0, 0.05) is 31.3 Å². The van der Waals surface area contributed by atoms with E-state index in [-0.39, 0.29) is 12.0 Å². The lowest BCUT2D eigenvalue weighted by Gasteiger charge is -2.31. The van der Waals surface area contributed by atoms with Crippen LogP contribution in [-0.4, -0.2) is 34.8 Å². The van der Waals surface area contributed by atoms with Crippen molar-refractivity contribution in [2.24, 2.45) is 5.92 Å². The molecule has 4 rings (SSSR count). The molecule has 5 heteroatoms. The van der Waals surface area contributed by atoms with Gasteiger partial charge in [-0.15, -0.1) is 0 Å². The molecule has 0 radical (unpaired) electrons. The molecule has 0 saturated carbocycles. The Kier molecular flexibility index (Phi) is 6.75. The third kappa shape index (κ3) is 5.10. The van der Waals surface area contributed by atoms with Crippen LogP contribution in [0.3, 0.4) is 0 Å². The van der Waals surface area contributed by atoms with Crippen LogP contribution in [0.4, 0.5) is 5.95 Å². The molecule has 1 unspecified atom stereocenters. The van der Waals surface area contributed by atoms with Crippen LogP contribution in [0.5, 0.6) is 5.75 Å². The first-order valence-electron chi connectivity index (χ1n) is 11.4. The van der Waals surface area contributed by atoms with Crippen LogP contribution in [0.15, 0.2) is 60.8 Å². The van der Waals surface area contributed by atoms with Gasteiger partial charge in [0.05, 0.1) is 5.69 Å². The lowest BCUT2D eigenvalue weighted by Crippen LogP contribution is -2.37. The van der Waals surface area contributed by atoms with Gasteiger partial charge in [-0.1, -0.05) is 55.8 Å². The minimum atomic E-state index is -0.0747. The number of piperidine rings is 1. The average molecular weight is 432 g/mol. The van der Waals surface area contributed by atoms with Gasteiger partial charge in [-0.2, -0.15) is 0 Å². The van der Waals surface area contributed by atoms with E-state index in [0.717, 1.165) is 43.3 Å². The normalized spacial score (nSPS) is 16.8. The van der Waals surface area contributed by atoms with E-state index >= 15 is 0 Å². The highest BCUT2D eigenvalue weighted by molar-refractivity contribution is 5.41. The Balaban J connectivity index is 1.40. The lowest BCUT2D eigenvalue weighted by molar-refractivity contribution is 0.208. The first-order chi connectivity index (χ1) is 15.5. The molecule has 1 N–H and O–H groups in total. The van der Waals surface area contributed by atoms with Crippen molar-refractivity contribution in [2.45, 2.75) is 45.6 Å². The number of rotatable bonds is 7. The van der Waals surface area contributed by atoms with Gasteiger partial charge in [0.25, 0.3) is 0 Å². The summed E-state index contributed by atoms with van der Waals surface area (Å²) in [6, 6.07) is 19.0. The minimum Gasteiger partial charge on any atom is -0.487 e. The molecule has 32 heavy (non-hydrogen) atoms. The number of ether oxygens (including phenoxy) is 1. The summed E-state index contributed by atoms with van der Waals surface area (Å²) in [5, 5.41) is 9.48. The van der Waals surface area contributed by atoms with Gasteiger partial charge in [-0.25, -0.2) is 9.97 Å². The molecule has 1 aliphatic rings. The molecule has 1 aromatic heterocycles. The molecule has 3 aromatic rings. The maximum Gasteiger partial charge on any atom is 0.225 e. The van der Waals surface area contributed by atoms with Crippen molar-refractivity contribution in [3.8, 4) is 5.75 Å².